The number of hydrogen-bond acceptors (Lipinski definition) is 1. The smallest absolute Gasteiger partial charge is 0.246 e. The average Bonchev–Trinajstić information content (AvgIpc) is 2.43. The minimum absolute atomic E-state index is 0.344. The van der Waals surface area contributed by atoms with Gasteiger partial charge < -0.3 is 5.32 Å². The van der Waals surface area contributed by atoms with E-state index in [1.165, 1.54) is 12.1 Å². The first kappa shape index (κ1) is 14.0. The van der Waals surface area contributed by atoms with E-state index in [1.54, 1.807) is 30.3 Å². The van der Waals surface area contributed by atoms with Crippen LogP contribution in [0.25, 0.3) is 0 Å². The molecule has 2 rings (SSSR count). The number of nitrogens with one attached hydrogen (secondary N) is 1. The number of halogens is 3. The van der Waals surface area contributed by atoms with Gasteiger partial charge in [-0.25, -0.2) is 4.39 Å². The molecule has 2 aromatic carbocycles. The summed E-state index contributed by atoms with van der Waals surface area (Å²) in [6, 6.07) is 13.3. The van der Waals surface area contributed by atoms with Crippen molar-refractivity contribution in [1.82, 2.24) is 0 Å². The van der Waals surface area contributed by atoms with Gasteiger partial charge in [-0.1, -0.05) is 30.3 Å². The fraction of sp³-hybridized carbons (Fsp3) is 0.0714. The Morgan fingerprint density at radius 2 is 1.89 bits per heavy atom. The highest BCUT2D eigenvalue weighted by atomic mass is 79.9. The first-order chi connectivity index (χ1) is 9.08. The van der Waals surface area contributed by atoms with E-state index in [0.29, 0.717) is 15.7 Å². The average molecular weight is 343 g/mol. The van der Waals surface area contributed by atoms with E-state index in [0.717, 1.165) is 0 Å². The maximum Gasteiger partial charge on any atom is 0.246 e. The van der Waals surface area contributed by atoms with Gasteiger partial charge in [0.2, 0.25) is 5.91 Å². The Bertz CT molecular complexity index is 591. The lowest BCUT2D eigenvalue weighted by Gasteiger charge is -2.11. The Balaban J connectivity index is 2.10. The number of benzene rings is 2. The summed E-state index contributed by atoms with van der Waals surface area (Å²) >= 11 is 9.11. The van der Waals surface area contributed by atoms with Gasteiger partial charge in [-0.3, -0.25) is 4.79 Å². The lowest BCUT2D eigenvalue weighted by Crippen LogP contribution is -2.17. The maximum absolute atomic E-state index is 13.3. The topological polar surface area (TPSA) is 29.1 Å². The van der Waals surface area contributed by atoms with Crippen molar-refractivity contribution in [2.45, 2.75) is 5.38 Å². The number of anilines is 1. The normalized spacial score (nSPS) is 11.9. The SMILES string of the molecule is O=C(Nc1ccc(Br)c(F)c1)C(Cl)c1ccccc1. The molecular formula is C14H10BrClFNO. The molecule has 1 atom stereocenters. The number of carbonyl (C=O) groups is 1. The second-order valence-electron chi connectivity index (χ2n) is 3.89. The molecule has 2 nitrogen and oxygen atoms in total. The molecule has 0 bridgehead atoms. The quantitative estimate of drug-likeness (QED) is 0.817. The lowest BCUT2D eigenvalue weighted by molar-refractivity contribution is -0.116. The van der Waals surface area contributed by atoms with E-state index in [2.05, 4.69) is 21.2 Å². The summed E-state index contributed by atoms with van der Waals surface area (Å²) in [5, 5.41) is 1.76. The molecule has 0 aliphatic heterocycles. The fourth-order valence-electron chi connectivity index (χ4n) is 1.55. The third-order valence-corrected chi connectivity index (χ3v) is 3.60. The molecule has 0 saturated heterocycles. The van der Waals surface area contributed by atoms with Gasteiger partial charge in [-0.15, -0.1) is 11.6 Å². The Kier molecular flexibility index (Phi) is 4.56. The minimum atomic E-state index is -0.812. The summed E-state index contributed by atoms with van der Waals surface area (Å²) in [5.74, 6) is -0.835. The molecule has 0 aliphatic carbocycles. The third kappa shape index (κ3) is 3.55. The van der Waals surface area contributed by atoms with Crippen LogP contribution >= 0.6 is 27.5 Å². The molecule has 1 N–H and O–H groups in total. The Hall–Kier alpha value is -1.39. The Labute approximate surface area is 123 Å². The first-order valence-corrected chi connectivity index (χ1v) is 6.76. The van der Waals surface area contributed by atoms with Gasteiger partial charge >= 0.3 is 0 Å². The Morgan fingerprint density at radius 1 is 1.21 bits per heavy atom. The van der Waals surface area contributed by atoms with Gasteiger partial charge in [0, 0.05) is 5.69 Å². The fourth-order valence-corrected chi connectivity index (χ4v) is 2.00. The summed E-state index contributed by atoms with van der Waals surface area (Å²) in [4.78, 5) is 11.9. The molecule has 0 aliphatic rings. The van der Waals surface area contributed by atoms with E-state index in [4.69, 9.17) is 11.6 Å². The van der Waals surface area contributed by atoms with Crippen LogP contribution in [0.15, 0.2) is 53.0 Å². The molecule has 0 fully saturated rings. The van der Waals surface area contributed by atoms with Gasteiger partial charge in [-0.2, -0.15) is 0 Å². The molecule has 98 valence electrons. The maximum atomic E-state index is 13.3. The van der Waals surface area contributed by atoms with Crippen molar-refractivity contribution in [3.63, 3.8) is 0 Å². The zero-order valence-electron chi connectivity index (χ0n) is 9.74. The van der Waals surface area contributed by atoms with Gasteiger partial charge in [0.1, 0.15) is 11.2 Å². The van der Waals surface area contributed by atoms with Crippen molar-refractivity contribution in [1.29, 1.82) is 0 Å². The first-order valence-electron chi connectivity index (χ1n) is 5.53. The predicted molar refractivity (Wildman–Crippen MR) is 77.8 cm³/mol. The molecule has 0 spiro atoms. The molecular weight excluding hydrogens is 333 g/mol. The third-order valence-electron chi connectivity index (χ3n) is 2.51. The zero-order valence-corrected chi connectivity index (χ0v) is 12.1. The van der Waals surface area contributed by atoms with E-state index in [9.17, 15) is 9.18 Å². The van der Waals surface area contributed by atoms with Crippen LogP contribution in [-0.4, -0.2) is 5.91 Å². The van der Waals surface area contributed by atoms with E-state index < -0.39 is 17.1 Å². The number of hydrogen-bond donors (Lipinski definition) is 1. The highest BCUT2D eigenvalue weighted by molar-refractivity contribution is 9.10. The molecule has 0 saturated carbocycles. The molecule has 2 aromatic rings. The number of carbonyl (C=O) groups excluding carboxylic acids is 1. The molecule has 5 heteroatoms. The van der Waals surface area contributed by atoms with Crippen molar-refractivity contribution < 1.29 is 9.18 Å². The summed E-state index contributed by atoms with van der Waals surface area (Å²) in [5.41, 5.74) is 1.06. The van der Waals surface area contributed by atoms with Crippen molar-refractivity contribution in [2.24, 2.45) is 0 Å². The molecule has 0 aromatic heterocycles. The zero-order chi connectivity index (χ0) is 13.8. The number of amides is 1. The van der Waals surface area contributed by atoms with Crippen LogP contribution in [0.4, 0.5) is 10.1 Å². The van der Waals surface area contributed by atoms with Gasteiger partial charge in [0.15, 0.2) is 0 Å². The minimum Gasteiger partial charge on any atom is -0.324 e. The second-order valence-corrected chi connectivity index (χ2v) is 5.18. The van der Waals surface area contributed by atoms with E-state index in [1.807, 2.05) is 6.07 Å². The number of rotatable bonds is 3. The highest BCUT2D eigenvalue weighted by Gasteiger charge is 2.17. The monoisotopic (exact) mass is 341 g/mol. The van der Waals surface area contributed by atoms with Crippen molar-refractivity contribution in [3.8, 4) is 0 Å². The molecule has 1 amide bonds. The van der Waals surface area contributed by atoms with E-state index >= 15 is 0 Å². The molecule has 19 heavy (non-hydrogen) atoms. The lowest BCUT2D eigenvalue weighted by atomic mass is 10.1. The largest absolute Gasteiger partial charge is 0.324 e. The van der Waals surface area contributed by atoms with Crippen molar-refractivity contribution >= 4 is 39.1 Å². The molecule has 1 unspecified atom stereocenters. The van der Waals surface area contributed by atoms with Gasteiger partial charge in [0.05, 0.1) is 4.47 Å². The van der Waals surface area contributed by atoms with Gasteiger partial charge in [-0.05, 0) is 39.7 Å². The van der Waals surface area contributed by atoms with Crippen molar-refractivity contribution in [2.75, 3.05) is 5.32 Å². The Morgan fingerprint density at radius 3 is 2.53 bits per heavy atom. The van der Waals surface area contributed by atoms with Gasteiger partial charge in [0.25, 0.3) is 0 Å². The summed E-state index contributed by atoms with van der Waals surface area (Å²) in [6.45, 7) is 0. The standard InChI is InChI=1S/C14H10BrClFNO/c15-11-7-6-10(8-12(11)17)18-14(19)13(16)9-4-2-1-3-5-9/h1-8,13H,(H,18,19). The van der Waals surface area contributed by atoms with Crippen LogP contribution < -0.4 is 5.32 Å². The highest BCUT2D eigenvalue weighted by Crippen LogP contribution is 2.24. The van der Waals surface area contributed by atoms with Crippen molar-refractivity contribution in [3.05, 3.63) is 64.4 Å². The van der Waals surface area contributed by atoms with Crippen LogP contribution in [0.1, 0.15) is 10.9 Å². The van der Waals surface area contributed by atoms with Crippen LogP contribution in [0.5, 0.6) is 0 Å². The molecule has 0 heterocycles. The van der Waals surface area contributed by atoms with Crippen LogP contribution in [-0.2, 0) is 4.79 Å². The summed E-state index contributed by atoms with van der Waals surface area (Å²) in [7, 11) is 0. The summed E-state index contributed by atoms with van der Waals surface area (Å²) in [6.07, 6.45) is 0. The van der Waals surface area contributed by atoms with Crippen LogP contribution in [0, 0.1) is 5.82 Å². The second kappa shape index (κ2) is 6.17. The molecule has 0 radical (unpaired) electrons. The van der Waals surface area contributed by atoms with Crippen LogP contribution in [0.3, 0.4) is 0 Å². The number of alkyl halides is 1. The van der Waals surface area contributed by atoms with E-state index in [-0.39, 0.29) is 0 Å². The van der Waals surface area contributed by atoms with Crippen LogP contribution in [0.2, 0.25) is 0 Å². The predicted octanol–water partition coefficient (Wildman–Crippen LogP) is 4.51. The summed E-state index contributed by atoms with van der Waals surface area (Å²) < 4.78 is 13.7.